The third kappa shape index (κ3) is 3.52. The van der Waals surface area contributed by atoms with Gasteiger partial charge in [-0.2, -0.15) is 4.98 Å². The lowest BCUT2D eigenvalue weighted by Crippen LogP contribution is -2.21. The Bertz CT molecular complexity index is 884. The molecule has 7 heteroatoms. The highest BCUT2D eigenvalue weighted by Gasteiger charge is 2.09. The van der Waals surface area contributed by atoms with Crippen molar-refractivity contribution in [3.05, 3.63) is 65.0 Å². The minimum atomic E-state index is -0.333. The SMILES string of the molecule is Cc1cc(NC(=O)Cn2cnc(=O)c(-c3ccccc3)c2)no1. The number of nitrogens with zero attached hydrogens (tertiary/aromatic N) is 3. The lowest BCUT2D eigenvalue weighted by atomic mass is 10.1. The summed E-state index contributed by atoms with van der Waals surface area (Å²) in [6, 6.07) is 10.8. The van der Waals surface area contributed by atoms with Crippen LogP contribution < -0.4 is 10.9 Å². The molecule has 1 amide bonds. The molecule has 116 valence electrons. The average Bonchev–Trinajstić information content (AvgIpc) is 2.95. The number of carbonyl (C=O) groups excluding carboxylic acids is 1. The third-order valence-electron chi connectivity index (χ3n) is 3.16. The summed E-state index contributed by atoms with van der Waals surface area (Å²) in [5, 5.41) is 6.31. The van der Waals surface area contributed by atoms with E-state index in [0.717, 1.165) is 5.56 Å². The molecule has 0 aliphatic carbocycles. The first-order valence-corrected chi connectivity index (χ1v) is 6.96. The molecule has 23 heavy (non-hydrogen) atoms. The van der Waals surface area contributed by atoms with Crippen LogP contribution in [0.3, 0.4) is 0 Å². The van der Waals surface area contributed by atoms with Gasteiger partial charge in [0, 0.05) is 12.3 Å². The molecular formula is C16H14N4O3. The zero-order valence-corrected chi connectivity index (χ0v) is 12.4. The van der Waals surface area contributed by atoms with Gasteiger partial charge in [0.1, 0.15) is 12.3 Å². The van der Waals surface area contributed by atoms with Crippen LogP contribution in [0.1, 0.15) is 5.76 Å². The quantitative estimate of drug-likeness (QED) is 0.794. The van der Waals surface area contributed by atoms with Crippen LogP contribution in [0.15, 0.2) is 58.2 Å². The Kier molecular flexibility index (Phi) is 4.01. The number of rotatable bonds is 4. The Balaban J connectivity index is 1.78. The number of benzene rings is 1. The topological polar surface area (TPSA) is 90.0 Å². The Morgan fingerprint density at radius 1 is 1.30 bits per heavy atom. The molecule has 0 radical (unpaired) electrons. The molecule has 0 saturated carbocycles. The molecule has 0 atom stereocenters. The van der Waals surface area contributed by atoms with Crippen molar-refractivity contribution >= 4 is 11.7 Å². The van der Waals surface area contributed by atoms with E-state index in [4.69, 9.17) is 4.52 Å². The predicted octanol–water partition coefficient (Wildman–Crippen LogP) is 1.85. The number of aryl methyl sites for hydroxylation is 1. The number of nitrogens with one attached hydrogen (secondary N) is 1. The van der Waals surface area contributed by atoms with Crippen molar-refractivity contribution in [1.82, 2.24) is 14.7 Å². The Morgan fingerprint density at radius 3 is 2.78 bits per heavy atom. The summed E-state index contributed by atoms with van der Waals surface area (Å²) in [5.41, 5.74) is 0.866. The van der Waals surface area contributed by atoms with E-state index in [2.05, 4.69) is 15.5 Å². The highest BCUT2D eigenvalue weighted by atomic mass is 16.5. The van der Waals surface area contributed by atoms with Crippen molar-refractivity contribution in [3.8, 4) is 11.1 Å². The van der Waals surface area contributed by atoms with Crippen LogP contribution in [-0.4, -0.2) is 20.6 Å². The van der Waals surface area contributed by atoms with Gasteiger partial charge in [-0.05, 0) is 12.5 Å². The van der Waals surface area contributed by atoms with Crippen molar-refractivity contribution in [2.24, 2.45) is 0 Å². The van der Waals surface area contributed by atoms with Gasteiger partial charge < -0.3 is 14.4 Å². The van der Waals surface area contributed by atoms with Gasteiger partial charge >= 0.3 is 0 Å². The highest BCUT2D eigenvalue weighted by molar-refractivity contribution is 5.89. The van der Waals surface area contributed by atoms with E-state index in [-0.39, 0.29) is 18.0 Å². The molecule has 1 N–H and O–H groups in total. The van der Waals surface area contributed by atoms with E-state index in [9.17, 15) is 9.59 Å². The van der Waals surface area contributed by atoms with E-state index in [1.165, 1.54) is 6.33 Å². The Morgan fingerprint density at radius 2 is 2.09 bits per heavy atom. The number of carbonyl (C=O) groups is 1. The van der Waals surface area contributed by atoms with E-state index >= 15 is 0 Å². The van der Waals surface area contributed by atoms with Crippen LogP contribution in [0.4, 0.5) is 5.82 Å². The van der Waals surface area contributed by atoms with Gasteiger partial charge in [0.05, 0.1) is 11.9 Å². The summed E-state index contributed by atoms with van der Waals surface area (Å²) < 4.78 is 6.43. The number of aromatic nitrogens is 3. The van der Waals surface area contributed by atoms with Gasteiger partial charge in [0.15, 0.2) is 5.82 Å². The summed E-state index contributed by atoms with van der Waals surface area (Å²) in [7, 11) is 0. The molecule has 2 heterocycles. The molecule has 0 unspecified atom stereocenters. The largest absolute Gasteiger partial charge is 0.360 e. The Hall–Kier alpha value is -3.22. The van der Waals surface area contributed by atoms with Crippen molar-refractivity contribution in [3.63, 3.8) is 0 Å². The van der Waals surface area contributed by atoms with Crippen molar-refractivity contribution in [2.45, 2.75) is 13.5 Å². The normalized spacial score (nSPS) is 10.5. The second kappa shape index (κ2) is 6.27. The second-order valence-corrected chi connectivity index (χ2v) is 5.00. The first-order valence-electron chi connectivity index (χ1n) is 6.96. The minimum absolute atomic E-state index is 0.0129. The van der Waals surface area contributed by atoms with E-state index in [0.29, 0.717) is 17.1 Å². The second-order valence-electron chi connectivity index (χ2n) is 5.00. The Labute approximate surface area is 131 Å². The standard InChI is InChI=1S/C16H14N4O3/c1-11-7-14(19-23-11)18-15(21)9-20-8-13(16(22)17-10-20)12-5-3-2-4-6-12/h2-8,10H,9H2,1H3,(H,18,19,21). The monoisotopic (exact) mass is 310 g/mol. The van der Waals surface area contributed by atoms with E-state index in [1.807, 2.05) is 30.3 Å². The maximum atomic E-state index is 12.0. The van der Waals surface area contributed by atoms with Crippen LogP contribution >= 0.6 is 0 Å². The molecule has 0 bridgehead atoms. The summed E-state index contributed by atoms with van der Waals surface area (Å²) in [4.78, 5) is 27.7. The van der Waals surface area contributed by atoms with Gasteiger partial charge in [0.25, 0.3) is 5.56 Å². The smallest absolute Gasteiger partial charge is 0.280 e. The number of amides is 1. The van der Waals surface area contributed by atoms with Gasteiger partial charge in [0.2, 0.25) is 5.91 Å². The van der Waals surface area contributed by atoms with Crippen LogP contribution in [-0.2, 0) is 11.3 Å². The van der Waals surface area contributed by atoms with Crippen molar-refractivity contribution < 1.29 is 9.32 Å². The molecule has 0 spiro atoms. The summed E-state index contributed by atoms with van der Waals surface area (Å²) >= 11 is 0. The number of anilines is 1. The van der Waals surface area contributed by atoms with Crippen LogP contribution in [0.2, 0.25) is 0 Å². The molecule has 0 aliphatic heterocycles. The third-order valence-corrected chi connectivity index (χ3v) is 3.16. The van der Waals surface area contributed by atoms with E-state index < -0.39 is 0 Å². The highest BCUT2D eigenvalue weighted by Crippen LogP contribution is 2.13. The molecule has 3 aromatic rings. The molecule has 7 nitrogen and oxygen atoms in total. The maximum Gasteiger partial charge on any atom is 0.280 e. The van der Waals surface area contributed by atoms with Gasteiger partial charge in [-0.25, -0.2) is 0 Å². The molecule has 0 saturated heterocycles. The maximum absolute atomic E-state index is 12.0. The van der Waals surface area contributed by atoms with Crippen molar-refractivity contribution in [2.75, 3.05) is 5.32 Å². The fourth-order valence-corrected chi connectivity index (χ4v) is 2.13. The van der Waals surface area contributed by atoms with Crippen LogP contribution in [0, 0.1) is 6.92 Å². The van der Waals surface area contributed by atoms with Gasteiger partial charge in [-0.1, -0.05) is 35.5 Å². The zero-order valence-electron chi connectivity index (χ0n) is 12.4. The summed E-state index contributed by atoms with van der Waals surface area (Å²) in [6.07, 6.45) is 2.95. The average molecular weight is 310 g/mol. The van der Waals surface area contributed by atoms with Crippen LogP contribution in [0.5, 0.6) is 0 Å². The lowest BCUT2D eigenvalue weighted by Gasteiger charge is -2.07. The number of hydrogen-bond donors (Lipinski definition) is 1. The molecule has 2 aromatic heterocycles. The fraction of sp³-hybridized carbons (Fsp3) is 0.125. The zero-order chi connectivity index (χ0) is 16.2. The van der Waals surface area contributed by atoms with E-state index in [1.54, 1.807) is 23.8 Å². The molecule has 3 rings (SSSR count). The summed E-state index contributed by atoms with van der Waals surface area (Å²) in [5.74, 6) is 0.671. The molecule has 0 fully saturated rings. The molecular weight excluding hydrogens is 296 g/mol. The first kappa shape index (κ1) is 14.7. The van der Waals surface area contributed by atoms with Crippen LogP contribution in [0.25, 0.3) is 11.1 Å². The lowest BCUT2D eigenvalue weighted by molar-refractivity contribution is -0.116. The van der Waals surface area contributed by atoms with Crippen molar-refractivity contribution in [1.29, 1.82) is 0 Å². The first-order chi connectivity index (χ1) is 11.1. The fourth-order valence-electron chi connectivity index (χ4n) is 2.13. The van der Waals surface area contributed by atoms with Gasteiger partial charge in [-0.15, -0.1) is 0 Å². The molecule has 0 aliphatic rings. The molecule has 1 aromatic carbocycles. The summed E-state index contributed by atoms with van der Waals surface area (Å²) in [6.45, 7) is 1.75. The predicted molar refractivity (Wildman–Crippen MR) is 83.8 cm³/mol. The number of hydrogen-bond acceptors (Lipinski definition) is 5. The minimum Gasteiger partial charge on any atom is -0.360 e. The van der Waals surface area contributed by atoms with Gasteiger partial charge in [-0.3, -0.25) is 9.59 Å².